The van der Waals surface area contributed by atoms with Crippen LogP contribution in [-0.4, -0.2) is 36.6 Å². The number of nitrogens with one attached hydrogen (secondary N) is 2. The van der Waals surface area contributed by atoms with Crippen molar-refractivity contribution in [1.82, 2.24) is 24.6 Å². The number of hydrogen-bond acceptors (Lipinski definition) is 5. The summed E-state index contributed by atoms with van der Waals surface area (Å²) in [7, 11) is 0. The molecule has 0 unspecified atom stereocenters. The van der Waals surface area contributed by atoms with Crippen molar-refractivity contribution in [2.24, 2.45) is 5.92 Å². The van der Waals surface area contributed by atoms with Gasteiger partial charge >= 0.3 is 0 Å². The Morgan fingerprint density at radius 3 is 2.93 bits per heavy atom. The third-order valence-corrected chi connectivity index (χ3v) is 5.08. The van der Waals surface area contributed by atoms with E-state index < -0.39 is 23.8 Å². The van der Waals surface area contributed by atoms with Gasteiger partial charge in [0, 0.05) is 17.1 Å². The molecular weight excluding hydrogens is 392 g/mol. The maximum absolute atomic E-state index is 14.4. The highest BCUT2D eigenvalue weighted by atomic mass is 35.5. The summed E-state index contributed by atoms with van der Waals surface area (Å²) in [5.74, 6) is -1.53. The molecule has 4 N–H and O–H groups in total. The largest absolute Gasteiger partial charge is 0.395 e. The Hall–Kier alpha value is -3.27. The Labute approximate surface area is 160 Å². The molecule has 4 aromatic rings. The summed E-state index contributed by atoms with van der Waals surface area (Å²) in [5, 5.41) is 9.48. The number of carbonyl (C=O) groups excluding carboxylic acids is 1. The Morgan fingerprint density at radius 2 is 2.18 bits per heavy atom. The number of H-pyrrole nitrogens is 1. The SMILES string of the molecule is Nc1c(F)c(Cl)c(-c2cn3cc(NC(=O)[C@@H]4C[C@@H]4F)nc3cn2)c2cn[nH]c12. The number of nitrogens with two attached hydrogens (primary N) is 1. The summed E-state index contributed by atoms with van der Waals surface area (Å²) in [6.45, 7) is 0. The van der Waals surface area contributed by atoms with Crippen LogP contribution in [0, 0.1) is 11.7 Å². The van der Waals surface area contributed by atoms with E-state index in [1.54, 1.807) is 16.8 Å². The normalized spacial score (nSPS) is 18.7. The van der Waals surface area contributed by atoms with Gasteiger partial charge in [0.25, 0.3) is 0 Å². The molecule has 0 aliphatic heterocycles. The minimum absolute atomic E-state index is 0.124. The molecule has 1 fully saturated rings. The van der Waals surface area contributed by atoms with Crippen LogP contribution in [0.25, 0.3) is 27.8 Å². The zero-order chi connectivity index (χ0) is 19.6. The number of anilines is 2. The molecular formula is C17H12ClF2N7O. The molecule has 1 aliphatic carbocycles. The molecule has 1 aromatic carbocycles. The van der Waals surface area contributed by atoms with E-state index in [1.165, 1.54) is 12.4 Å². The van der Waals surface area contributed by atoms with Crippen LogP contribution in [-0.2, 0) is 4.79 Å². The third kappa shape index (κ3) is 2.48. The number of alkyl halides is 1. The van der Waals surface area contributed by atoms with E-state index in [0.29, 0.717) is 27.8 Å². The highest BCUT2D eigenvalue weighted by Crippen LogP contribution is 2.39. The van der Waals surface area contributed by atoms with Gasteiger partial charge in [-0.1, -0.05) is 11.6 Å². The molecule has 1 aliphatic rings. The van der Waals surface area contributed by atoms with Crippen LogP contribution in [0.2, 0.25) is 5.02 Å². The number of hydrogen-bond donors (Lipinski definition) is 3. The number of fused-ring (bicyclic) bond motifs is 2. The van der Waals surface area contributed by atoms with Crippen LogP contribution in [0.15, 0.2) is 24.8 Å². The molecule has 3 heterocycles. The molecule has 8 nitrogen and oxygen atoms in total. The summed E-state index contributed by atoms with van der Waals surface area (Å²) < 4.78 is 29.1. The van der Waals surface area contributed by atoms with Gasteiger partial charge in [-0.15, -0.1) is 0 Å². The fourth-order valence-electron chi connectivity index (χ4n) is 3.13. The second-order valence-electron chi connectivity index (χ2n) is 6.59. The number of benzene rings is 1. The van der Waals surface area contributed by atoms with E-state index in [0.717, 1.165) is 0 Å². The van der Waals surface area contributed by atoms with Crippen molar-refractivity contribution in [3.63, 3.8) is 0 Å². The van der Waals surface area contributed by atoms with Gasteiger partial charge < -0.3 is 15.5 Å². The number of nitrogen functional groups attached to an aromatic ring is 1. The van der Waals surface area contributed by atoms with E-state index in [-0.39, 0.29) is 22.9 Å². The fraction of sp³-hybridized carbons (Fsp3) is 0.176. The number of amides is 1. The molecule has 3 aromatic heterocycles. The second-order valence-corrected chi connectivity index (χ2v) is 6.96. The molecule has 1 saturated carbocycles. The lowest BCUT2D eigenvalue weighted by Crippen LogP contribution is -2.15. The summed E-state index contributed by atoms with van der Waals surface area (Å²) >= 11 is 6.20. The molecule has 11 heteroatoms. The van der Waals surface area contributed by atoms with Gasteiger partial charge in [-0.3, -0.25) is 14.9 Å². The van der Waals surface area contributed by atoms with Gasteiger partial charge in [0.2, 0.25) is 5.91 Å². The monoisotopic (exact) mass is 403 g/mol. The first kappa shape index (κ1) is 16.9. The van der Waals surface area contributed by atoms with Crippen molar-refractivity contribution in [3.05, 3.63) is 35.6 Å². The first-order valence-corrected chi connectivity index (χ1v) is 8.71. The summed E-state index contributed by atoms with van der Waals surface area (Å²) in [5.41, 5.74) is 7.10. The van der Waals surface area contributed by atoms with Crippen molar-refractivity contribution >= 4 is 45.6 Å². The van der Waals surface area contributed by atoms with Crippen LogP contribution in [0.1, 0.15) is 6.42 Å². The quantitative estimate of drug-likeness (QED) is 0.455. The molecule has 0 radical (unpaired) electrons. The molecule has 142 valence electrons. The van der Waals surface area contributed by atoms with Gasteiger partial charge in [0.15, 0.2) is 17.3 Å². The lowest BCUT2D eigenvalue weighted by Gasteiger charge is -2.09. The first-order chi connectivity index (χ1) is 13.4. The number of imidazole rings is 1. The Bertz CT molecular complexity index is 1270. The predicted octanol–water partition coefficient (Wildman–Crippen LogP) is 2.94. The van der Waals surface area contributed by atoms with E-state index in [1.807, 2.05) is 0 Å². The highest BCUT2D eigenvalue weighted by Gasteiger charge is 2.43. The summed E-state index contributed by atoms with van der Waals surface area (Å²) in [4.78, 5) is 20.4. The van der Waals surface area contributed by atoms with Crippen LogP contribution in [0.5, 0.6) is 0 Å². The summed E-state index contributed by atoms with van der Waals surface area (Å²) in [6.07, 6.45) is 5.23. The van der Waals surface area contributed by atoms with Crippen LogP contribution < -0.4 is 11.1 Å². The zero-order valence-electron chi connectivity index (χ0n) is 14.1. The van der Waals surface area contributed by atoms with E-state index in [2.05, 4.69) is 25.5 Å². The standard InChI is InChI=1S/C17H12ClF2N7O/c18-13-12(7-2-23-26-16(7)15(21)14(13)20)9-4-27-5-10(24-11(27)3-22-9)25-17(28)6-1-8(6)19/h2-6,8H,1,21H2,(H,23,26)(H,25,28)/t6-,8+/m1/s1. The van der Waals surface area contributed by atoms with Gasteiger partial charge in [0.1, 0.15) is 6.17 Å². The summed E-state index contributed by atoms with van der Waals surface area (Å²) in [6, 6.07) is 0. The molecule has 5 rings (SSSR count). The van der Waals surface area contributed by atoms with Crippen LogP contribution in [0.3, 0.4) is 0 Å². The molecule has 2 atom stereocenters. The van der Waals surface area contributed by atoms with Crippen molar-refractivity contribution in [2.45, 2.75) is 12.6 Å². The minimum Gasteiger partial charge on any atom is -0.395 e. The van der Waals surface area contributed by atoms with Gasteiger partial charge in [-0.05, 0) is 6.42 Å². The topological polar surface area (TPSA) is 114 Å². The van der Waals surface area contributed by atoms with E-state index >= 15 is 0 Å². The second kappa shape index (κ2) is 5.86. The van der Waals surface area contributed by atoms with Crippen molar-refractivity contribution < 1.29 is 13.6 Å². The Kier molecular flexibility index (Phi) is 3.53. The first-order valence-electron chi connectivity index (χ1n) is 8.33. The van der Waals surface area contributed by atoms with Crippen molar-refractivity contribution in [1.29, 1.82) is 0 Å². The number of aromatic nitrogens is 5. The van der Waals surface area contributed by atoms with Gasteiger partial charge in [0.05, 0.1) is 46.4 Å². The lowest BCUT2D eigenvalue weighted by atomic mass is 10.1. The molecule has 1 amide bonds. The maximum atomic E-state index is 14.4. The number of rotatable bonds is 3. The van der Waals surface area contributed by atoms with Gasteiger partial charge in [-0.25, -0.2) is 13.8 Å². The number of aromatic amines is 1. The molecule has 0 bridgehead atoms. The molecule has 0 saturated heterocycles. The zero-order valence-corrected chi connectivity index (χ0v) is 14.8. The number of carbonyl (C=O) groups is 1. The number of nitrogens with zero attached hydrogens (tertiary/aromatic N) is 4. The van der Waals surface area contributed by atoms with Crippen LogP contribution in [0.4, 0.5) is 20.3 Å². The average Bonchev–Trinajstić information content (AvgIpc) is 3.06. The van der Waals surface area contributed by atoms with Crippen molar-refractivity contribution in [2.75, 3.05) is 11.1 Å². The number of halogens is 3. The average molecular weight is 404 g/mol. The Morgan fingerprint density at radius 1 is 1.39 bits per heavy atom. The predicted molar refractivity (Wildman–Crippen MR) is 99.1 cm³/mol. The molecule has 28 heavy (non-hydrogen) atoms. The van der Waals surface area contributed by atoms with E-state index in [4.69, 9.17) is 17.3 Å². The smallest absolute Gasteiger partial charge is 0.231 e. The van der Waals surface area contributed by atoms with Crippen molar-refractivity contribution in [3.8, 4) is 11.3 Å². The third-order valence-electron chi connectivity index (χ3n) is 4.72. The lowest BCUT2D eigenvalue weighted by molar-refractivity contribution is -0.117. The Balaban J connectivity index is 1.58. The highest BCUT2D eigenvalue weighted by molar-refractivity contribution is 6.35. The van der Waals surface area contributed by atoms with E-state index in [9.17, 15) is 13.6 Å². The van der Waals surface area contributed by atoms with Crippen LogP contribution >= 0.6 is 11.6 Å². The minimum atomic E-state index is -1.09. The van der Waals surface area contributed by atoms with Gasteiger partial charge in [-0.2, -0.15) is 5.10 Å². The maximum Gasteiger partial charge on any atom is 0.231 e. The molecule has 0 spiro atoms. The fourth-order valence-corrected chi connectivity index (χ4v) is 3.43.